The second-order valence-corrected chi connectivity index (χ2v) is 9.80. The zero-order valence-electron chi connectivity index (χ0n) is 19.9. The molecular formula is C28H26FN3O4S. The number of halogens is 1. The molecule has 2 N–H and O–H groups in total. The number of rotatable bonds is 10. The Balaban J connectivity index is 1.46. The van der Waals surface area contributed by atoms with Gasteiger partial charge in [-0.3, -0.25) is 4.90 Å². The summed E-state index contributed by atoms with van der Waals surface area (Å²) in [5.74, 6) is 0.702. The standard InChI is InChI=1S/C28H26FN3O4S/c29-26-14-7-8-15-27(26)31-28(33)32(21-9-20-30-37(34,35)25-12-5-2-6-13-25)22-16-18-24(19-17-22)36-23-10-3-1-4-11-23/h1-8,10-19,30H,9,20-21H2,(H,31,33). The van der Waals surface area contributed by atoms with E-state index in [1.807, 2.05) is 30.3 Å². The number of carbonyl (C=O) groups excluding carboxylic acids is 1. The minimum Gasteiger partial charge on any atom is -0.457 e. The lowest BCUT2D eigenvalue weighted by atomic mass is 10.2. The third-order valence-electron chi connectivity index (χ3n) is 5.39. The summed E-state index contributed by atoms with van der Waals surface area (Å²) in [4.78, 5) is 14.7. The van der Waals surface area contributed by atoms with E-state index in [0.717, 1.165) is 0 Å². The van der Waals surface area contributed by atoms with Crippen LogP contribution in [0.4, 0.5) is 20.6 Å². The van der Waals surface area contributed by atoms with Crippen LogP contribution in [-0.2, 0) is 10.0 Å². The van der Waals surface area contributed by atoms with Crippen molar-refractivity contribution in [3.05, 3.63) is 115 Å². The van der Waals surface area contributed by atoms with Gasteiger partial charge in [0.1, 0.15) is 17.3 Å². The normalized spacial score (nSPS) is 11.1. The monoisotopic (exact) mass is 519 g/mol. The fourth-order valence-corrected chi connectivity index (χ4v) is 4.63. The van der Waals surface area contributed by atoms with Crippen LogP contribution in [0.15, 0.2) is 114 Å². The molecule has 0 aliphatic heterocycles. The van der Waals surface area contributed by atoms with Crippen LogP contribution < -0.4 is 19.7 Å². The maximum absolute atomic E-state index is 14.1. The Morgan fingerprint density at radius 1 is 0.784 bits per heavy atom. The number of nitrogens with one attached hydrogen (secondary N) is 2. The van der Waals surface area contributed by atoms with Gasteiger partial charge >= 0.3 is 6.03 Å². The Morgan fingerprint density at radius 2 is 1.38 bits per heavy atom. The van der Waals surface area contributed by atoms with Gasteiger partial charge in [-0.1, -0.05) is 48.5 Å². The first-order chi connectivity index (χ1) is 17.9. The summed E-state index contributed by atoms with van der Waals surface area (Å²) in [6, 6.07) is 29.6. The lowest BCUT2D eigenvalue weighted by Crippen LogP contribution is -2.37. The van der Waals surface area contributed by atoms with Gasteiger partial charge in [-0.25, -0.2) is 22.3 Å². The molecule has 0 unspecified atom stereocenters. The summed E-state index contributed by atoms with van der Waals surface area (Å²) in [6.45, 7) is 0.284. The first kappa shape index (κ1) is 25.9. The highest BCUT2D eigenvalue weighted by Gasteiger charge is 2.18. The molecule has 0 saturated carbocycles. The summed E-state index contributed by atoms with van der Waals surface area (Å²) in [5, 5.41) is 2.59. The van der Waals surface area contributed by atoms with E-state index in [4.69, 9.17) is 4.74 Å². The van der Waals surface area contributed by atoms with Crippen LogP contribution >= 0.6 is 0 Å². The molecule has 4 aromatic rings. The van der Waals surface area contributed by atoms with Crippen molar-refractivity contribution in [3.8, 4) is 11.5 Å². The van der Waals surface area contributed by atoms with E-state index in [1.54, 1.807) is 48.5 Å². The third-order valence-corrected chi connectivity index (χ3v) is 6.87. The maximum atomic E-state index is 14.1. The maximum Gasteiger partial charge on any atom is 0.326 e. The molecule has 7 nitrogen and oxygen atoms in total. The summed E-state index contributed by atoms with van der Waals surface area (Å²) in [6.07, 6.45) is 0.318. The quantitative estimate of drug-likeness (QED) is 0.251. The van der Waals surface area contributed by atoms with Crippen molar-refractivity contribution >= 4 is 27.4 Å². The van der Waals surface area contributed by atoms with Crippen molar-refractivity contribution in [1.82, 2.24) is 4.72 Å². The lowest BCUT2D eigenvalue weighted by molar-refractivity contribution is 0.256. The zero-order chi connectivity index (χ0) is 26.1. The lowest BCUT2D eigenvalue weighted by Gasteiger charge is -2.24. The molecule has 4 aromatic carbocycles. The SMILES string of the molecule is O=C(Nc1ccccc1F)N(CCCNS(=O)(=O)c1ccccc1)c1ccc(Oc2ccccc2)cc1. The van der Waals surface area contributed by atoms with Crippen molar-refractivity contribution in [3.63, 3.8) is 0 Å². The second-order valence-electron chi connectivity index (χ2n) is 8.04. The van der Waals surface area contributed by atoms with Gasteiger partial charge in [0.25, 0.3) is 0 Å². The summed E-state index contributed by atoms with van der Waals surface area (Å²) in [7, 11) is -3.67. The summed E-state index contributed by atoms with van der Waals surface area (Å²) in [5.41, 5.74) is 0.589. The van der Waals surface area contributed by atoms with Crippen LogP contribution in [0.3, 0.4) is 0 Å². The van der Waals surface area contributed by atoms with Gasteiger partial charge in [-0.15, -0.1) is 0 Å². The Bertz CT molecular complexity index is 1420. The van der Waals surface area contributed by atoms with E-state index in [0.29, 0.717) is 23.6 Å². The predicted molar refractivity (Wildman–Crippen MR) is 142 cm³/mol. The van der Waals surface area contributed by atoms with Crippen molar-refractivity contribution in [2.75, 3.05) is 23.3 Å². The minimum absolute atomic E-state index is 0.0475. The molecule has 0 fully saturated rings. The molecule has 4 rings (SSSR count). The number of para-hydroxylation sites is 2. The Morgan fingerprint density at radius 3 is 2.05 bits per heavy atom. The largest absolute Gasteiger partial charge is 0.457 e. The molecule has 0 aliphatic carbocycles. The van der Waals surface area contributed by atoms with E-state index in [1.165, 1.54) is 35.2 Å². The number of benzene rings is 4. The second kappa shape index (κ2) is 12.2. The molecule has 0 aromatic heterocycles. The number of anilines is 2. The molecule has 2 amide bonds. The predicted octanol–water partition coefficient (Wildman–Crippen LogP) is 6.03. The highest BCUT2D eigenvalue weighted by molar-refractivity contribution is 7.89. The molecule has 0 radical (unpaired) electrons. The molecule has 190 valence electrons. The molecule has 37 heavy (non-hydrogen) atoms. The number of sulfonamides is 1. The number of urea groups is 1. The summed E-state index contributed by atoms with van der Waals surface area (Å²) < 4.78 is 47.5. The van der Waals surface area contributed by atoms with Gasteiger partial charge in [0.15, 0.2) is 0 Å². The van der Waals surface area contributed by atoms with Gasteiger partial charge in [0.05, 0.1) is 10.6 Å². The minimum atomic E-state index is -3.67. The van der Waals surface area contributed by atoms with E-state index in [-0.39, 0.29) is 23.7 Å². The van der Waals surface area contributed by atoms with Gasteiger partial charge in [-0.2, -0.15) is 0 Å². The van der Waals surface area contributed by atoms with Crippen LogP contribution in [0.1, 0.15) is 6.42 Å². The third kappa shape index (κ3) is 7.16. The van der Waals surface area contributed by atoms with E-state index in [2.05, 4.69) is 10.0 Å². The highest BCUT2D eigenvalue weighted by atomic mass is 32.2. The molecular weight excluding hydrogens is 493 g/mol. The van der Waals surface area contributed by atoms with Crippen LogP contribution in [0.5, 0.6) is 11.5 Å². The Kier molecular flexibility index (Phi) is 8.50. The van der Waals surface area contributed by atoms with E-state index < -0.39 is 21.9 Å². The smallest absolute Gasteiger partial charge is 0.326 e. The molecule has 0 atom stereocenters. The average Bonchev–Trinajstić information content (AvgIpc) is 2.92. The van der Waals surface area contributed by atoms with Crippen LogP contribution in [0.2, 0.25) is 0 Å². The number of hydrogen-bond donors (Lipinski definition) is 2. The van der Waals surface area contributed by atoms with Gasteiger partial charge in [0.2, 0.25) is 10.0 Å². The number of carbonyl (C=O) groups is 1. The van der Waals surface area contributed by atoms with Gasteiger partial charge < -0.3 is 10.1 Å². The van der Waals surface area contributed by atoms with Crippen molar-refractivity contribution in [2.45, 2.75) is 11.3 Å². The van der Waals surface area contributed by atoms with Crippen molar-refractivity contribution in [1.29, 1.82) is 0 Å². The van der Waals surface area contributed by atoms with Crippen molar-refractivity contribution < 1.29 is 22.3 Å². The first-order valence-electron chi connectivity index (χ1n) is 11.6. The first-order valence-corrected chi connectivity index (χ1v) is 13.1. The van der Waals surface area contributed by atoms with Gasteiger partial charge in [0, 0.05) is 18.8 Å². The fourth-order valence-electron chi connectivity index (χ4n) is 3.54. The molecule has 0 bridgehead atoms. The average molecular weight is 520 g/mol. The molecule has 0 spiro atoms. The highest BCUT2D eigenvalue weighted by Crippen LogP contribution is 2.25. The summed E-state index contributed by atoms with van der Waals surface area (Å²) >= 11 is 0. The molecule has 0 aliphatic rings. The van der Waals surface area contributed by atoms with Crippen LogP contribution in [0, 0.1) is 5.82 Å². The Hall–Kier alpha value is -4.21. The van der Waals surface area contributed by atoms with Crippen LogP contribution in [0.25, 0.3) is 0 Å². The number of amides is 2. The zero-order valence-corrected chi connectivity index (χ0v) is 20.7. The topological polar surface area (TPSA) is 87.7 Å². The van der Waals surface area contributed by atoms with E-state index in [9.17, 15) is 17.6 Å². The fraction of sp³-hybridized carbons (Fsp3) is 0.107. The number of ether oxygens (including phenoxy) is 1. The molecule has 0 heterocycles. The number of nitrogens with zero attached hydrogens (tertiary/aromatic N) is 1. The molecule has 0 saturated heterocycles. The van der Waals surface area contributed by atoms with E-state index >= 15 is 0 Å². The Labute approximate surface area is 215 Å². The molecule has 9 heteroatoms. The van der Waals surface area contributed by atoms with Gasteiger partial charge in [-0.05, 0) is 67.1 Å². The van der Waals surface area contributed by atoms with Crippen LogP contribution in [-0.4, -0.2) is 27.5 Å². The number of hydrogen-bond acceptors (Lipinski definition) is 4. The van der Waals surface area contributed by atoms with Crippen molar-refractivity contribution in [2.24, 2.45) is 0 Å².